The topological polar surface area (TPSA) is 53.2 Å². The summed E-state index contributed by atoms with van der Waals surface area (Å²) in [6.45, 7) is 4.30. The zero-order valence-electron chi connectivity index (χ0n) is 14.6. The first kappa shape index (κ1) is 15.5. The van der Waals surface area contributed by atoms with E-state index < -0.39 is 0 Å². The second-order valence-electron chi connectivity index (χ2n) is 6.53. The third kappa shape index (κ3) is 2.91. The number of allylic oxidation sites excluding steroid dienone is 2. The molecule has 0 saturated heterocycles. The third-order valence-corrected chi connectivity index (χ3v) is 4.42. The van der Waals surface area contributed by atoms with Crippen molar-refractivity contribution in [1.82, 2.24) is 9.97 Å². The molecule has 3 heterocycles. The fourth-order valence-electron chi connectivity index (χ4n) is 3.04. The second-order valence-corrected chi connectivity index (χ2v) is 6.53. The fourth-order valence-corrected chi connectivity index (χ4v) is 3.04. The van der Waals surface area contributed by atoms with Gasteiger partial charge in [0, 0.05) is 22.7 Å². The third-order valence-electron chi connectivity index (χ3n) is 4.42. The normalized spacial score (nSPS) is 15.5. The standard InChI is InChI=1S/C21H21N3O/c1-13(2)16-9-8-15(22-16)11-20-21(25-3)12-19(24-20)18-10-14-6-4-5-7-17(14)23-18/h4-13,23-24H,1-3H3/b15-11+. The summed E-state index contributed by atoms with van der Waals surface area (Å²) in [4.78, 5) is 11.5. The van der Waals surface area contributed by atoms with Crippen molar-refractivity contribution >= 4 is 22.7 Å². The summed E-state index contributed by atoms with van der Waals surface area (Å²) in [5, 5.41) is 1.19. The first-order chi connectivity index (χ1) is 12.1. The van der Waals surface area contributed by atoms with Gasteiger partial charge in [0.05, 0.1) is 29.9 Å². The minimum Gasteiger partial charge on any atom is -0.494 e. The number of aromatic nitrogens is 2. The van der Waals surface area contributed by atoms with Crippen LogP contribution in [0.15, 0.2) is 59.2 Å². The van der Waals surface area contributed by atoms with E-state index in [0.717, 1.165) is 39.8 Å². The predicted octanol–water partition coefficient (Wildman–Crippen LogP) is 5.18. The number of methoxy groups -OCH3 is 1. The maximum atomic E-state index is 5.54. The molecule has 0 radical (unpaired) electrons. The van der Waals surface area contributed by atoms with Crippen LogP contribution < -0.4 is 4.74 Å². The lowest BCUT2D eigenvalue weighted by molar-refractivity contribution is 0.414. The Kier molecular flexibility index (Phi) is 3.80. The van der Waals surface area contributed by atoms with E-state index in [4.69, 9.17) is 4.74 Å². The highest BCUT2D eigenvalue weighted by atomic mass is 16.5. The molecule has 1 aromatic carbocycles. The van der Waals surface area contributed by atoms with Crippen molar-refractivity contribution in [3.63, 3.8) is 0 Å². The highest BCUT2D eigenvalue weighted by Gasteiger charge is 2.13. The Morgan fingerprint density at radius 2 is 1.84 bits per heavy atom. The molecule has 25 heavy (non-hydrogen) atoms. The highest BCUT2D eigenvalue weighted by molar-refractivity contribution is 6.00. The van der Waals surface area contributed by atoms with Gasteiger partial charge >= 0.3 is 0 Å². The van der Waals surface area contributed by atoms with Crippen LogP contribution in [0.3, 0.4) is 0 Å². The number of nitrogens with one attached hydrogen (secondary N) is 2. The molecule has 4 rings (SSSR count). The first-order valence-corrected chi connectivity index (χ1v) is 8.47. The van der Waals surface area contributed by atoms with E-state index >= 15 is 0 Å². The molecule has 0 spiro atoms. The van der Waals surface area contributed by atoms with Gasteiger partial charge in [0.25, 0.3) is 0 Å². The molecule has 1 aliphatic rings. The average molecular weight is 331 g/mol. The van der Waals surface area contributed by atoms with Crippen molar-refractivity contribution in [3.8, 4) is 17.1 Å². The van der Waals surface area contributed by atoms with Crippen LogP contribution in [0, 0.1) is 5.92 Å². The minimum absolute atomic E-state index is 0.426. The quantitative estimate of drug-likeness (QED) is 0.680. The van der Waals surface area contributed by atoms with Crippen molar-refractivity contribution in [1.29, 1.82) is 0 Å². The lowest BCUT2D eigenvalue weighted by atomic mass is 10.1. The monoisotopic (exact) mass is 331 g/mol. The molecule has 4 nitrogen and oxygen atoms in total. The van der Waals surface area contributed by atoms with Crippen LogP contribution in [0.5, 0.6) is 5.75 Å². The number of rotatable bonds is 4. The van der Waals surface area contributed by atoms with Gasteiger partial charge in [0.1, 0.15) is 5.75 Å². The molecule has 0 bridgehead atoms. The number of ether oxygens (including phenoxy) is 1. The fraction of sp³-hybridized carbons (Fsp3) is 0.190. The van der Waals surface area contributed by atoms with E-state index in [1.807, 2.05) is 30.4 Å². The zero-order chi connectivity index (χ0) is 17.4. The molecule has 0 amide bonds. The summed E-state index contributed by atoms with van der Waals surface area (Å²) in [7, 11) is 1.69. The maximum absolute atomic E-state index is 5.54. The van der Waals surface area contributed by atoms with Gasteiger partial charge in [-0.1, -0.05) is 32.0 Å². The van der Waals surface area contributed by atoms with Crippen LogP contribution in [-0.2, 0) is 0 Å². The van der Waals surface area contributed by atoms with Crippen LogP contribution >= 0.6 is 0 Å². The maximum Gasteiger partial charge on any atom is 0.144 e. The van der Waals surface area contributed by atoms with E-state index in [1.54, 1.807) is 7.11 Å². The Balaban J connectivity index is 1.72. The number of benzene rings is 1. The van der Waals surface area contributed by atoms with E-state index in [9.17, 15) is 0 Å². The van der Waals surface area contributed by atoms with Gasteiger partial charge in [-0.05, 0) is 36.3 Å². The Morgan fingerprint density at radius 3 is 2.56 bits per heavy atom. The molecule has 126 valence electrons. The lowest BCUT2D eigenvalue weighted by Gasteiger charge is -2.00. The number of hydrogen-bond donors (Lipinski definition) is 2. The molecule has 2 aromatic heterocycles. The molecule has 1 aliphatic heterocycles. The van der Waals surface area contributed by atoms with E-state index in [1.165, 1.54) is 5.39 Å². The molecule has 3 aromatic rings. The van der Waals surface area contributed by atoms with Crippen LogP contribution in [0.2, 0.25) is 0 Å². The number of H-pyrrole nitrogens is 2. The van der Waals surface area contributed by atoms with Gasteiger partial charge in [-0.15, -0.1) is 0 Å². The second kappa shape index (κ2) is 6.13. The molecule has 0 unspecified atom stereocenters. The summed E-state index contributed by atoms with van der Waals surface area (Å²) >= 11 is 0. The molecular formula is C21H21N3O. The minimum atomic E-state index is 0.426. The summed E-state index contributed by atoms with van der Waals surface area (Å²) in [5.41, 5.74) is 6.12. The van der Waals surface area contributed by atoms with Crippen LogP contribution in [-0.4, -0.2) is 22.8 Å². The number of hydrogen-bond acceptors (Lipinski definition) is 2. The number of aromatic amines is 2. The largest absolute Gasteiger partial charge is 0.494 e. The van der Waals surface area contributed by atoms with Crippen LogP contribution in [0.1, 0.15) is 19.5 Å². The zero-order valence-corrected chi connectivity index (χ0v) is 14.6. The Morgan fingerprint density at radius 1 is 1.04 bits per heavy atom. The summed E-state index contributed by atoms with van der Waals surface area (Å²) in [5.74, 6) is 1.23. The van der Waals surface area contributed by atoms with Crippen molar-refractivity contribution in [2.45, 2.75) is 13.8 Å². The van der Waals surface area contributed by atoms with E-state index in [-0.39, 0.29) is 0 Å². The molecule has 0 fully saturated rings. The lowest BCUT2D eigenvalue weighted by Crippen LogP contribution is -2.00. The van der Waals surface area contributed by atoms with Gasteiger partial charge in [-0.2, -0.15) is 0 Å². The summed E-state index contributed by atoms with van der Waals surface area (Å²) < 4.78 is 5.54. The summed E-state index contributed by atoms with van der Waals surface area (Å²) in [6.07, 6.45) is 6.14. The highest BCUT2D eigenvalue weighted by Crippen LogP contribution is 2.31. The number of aliphatic imine (C=N–C) groups is 1. The van der Waals surface area contributed by atoms with Crippen molar-refractivity contribution in [2.75, 3.05) is 7.11 Å². The molecule has 2 N–H and O–H groups in total. The average Bonchev–Trinajstić information content (AvgIpc) is 3.32. The molecule has 0 saturated carbocycles. The molecule has 0 aliphatic carbocycles. The Labute approximate surface area is 146 Å². The van der Waals surface area contributed by atoms with E-state index in [0.29, 0.717) is 5.92 Å². The van der Waals surface area contributed by atoms with Crippen molar-refractivity contribution in [3.05, 3.63) is 59.9 Å². The number of fused-ring (bicyclic) bond motifs is 1. The number of para-hydroxylation sites is 1. The van der Waals surface area contributed by atoms with Crippen LogP contribution in [0.25, 0.3) is 28.4 Å². The molecule has 4 heteroatoms. The van der Waals surface area contributed by atoms with Crippen LogP contribution in [0.4, 0.5) is 0 Å². The predicted molar refractivity (Wildman–Crippen MR) is 104 cm³/mol. The first-order valence-electron chi connectivity index (χ1n) is 8.47. The van der Waals surface area contributed by atoms with Crippen molar-refractivity contribution in [2.24, 2.45) is 10.9 Å². The van der Waals surface area contributed by atoms with Gasteiger partial charge in [0.15, 0.2) is 0 Å². The Bertz CT molecular complexity index is 982. The van der Waals surface area contributed by atoms with E-state index in [2.05, 4.69) is 53.1 Å². The number of nitrogens with zero attached hydrogens (tertiary/aromatic N) is 1. The molecular weight excluding hydrogens is 310 g/mol. The van der Waals surface area contributed by atoms with Gasteiger partial charge < -0.3 is 14.7 Å². The van der Waals surface area contributed by atoms with Crippen molar-refractivity contribution < 1.29 is 4.74 Å². The van der Waals surface area contributed by atoms with Gasteiger partial charge in [0.2, 0.25) is 0 Å². The summed E-state index contributed by atoms with van der Waals surface area (Å²) in [6, 6.07) is 12.4. The molecule has 0 atom stereocenters. The van der Waals surface area contributed by atoms with Gasteiger partial charge in [-0.3, -0.25) is 4.99 Å². The Hall–Kier alpha value is -3.01. The SMILES string of the molecule is COc1cc(-c2cc3ccccc3[nH]2)[nH]c1/C=C1\C=CC(C(C)C)=N1. The smallest absolute Gasteiger partial charge is 0.144 e. The van der Waals surface area contributed by atoms with Gasteiger partial charge in [-0.25, -0.2) is 0 Å².